The zero-order valence-electron chi connectivity index (χ0n) is 11.6. The van der Waals surface area contributed by atoms with Crippen LogP contribution in [-0.2, 0) is 4.79 Å². The topological polar surface area (TPSA) is 32.3 Å². The van der Waals surface area contributed by atoms with E-state index in [4.69, 9.17) is 11.6 Å². The molecule has 0 spiro atoms. The molecule has 0 aromatic heterocycles. The van der Waals surface area contributed by atoms with Crippen LogP contribution >= 0.6 is 11.6 Å². The van der Waals surface area contributed by atoms with Gasteiger partial charge in [0.2, 0.25) is 0 Å². The van der Waals surface area contributed by atoms with Crippen molar-refractivity contribution in [2.45, 2.75) is 32.2 Å². The van der Waals surface area contributed by atoms with E-state index in [1.807, 2.05) is 13.8 Å². The first-order valence-electron chi connectivity index (χ1n) is 6.61. The van der Waals surface area contributed by atoms with Crippen molar-refractivity contribution in [3.63, 3.8) is 0 Å². The first kappa shape index (κ1) is 15.0. The lowest BCUT2D eigenvalue weighted by molar-refractivity contribution is -0.138. The van der Waals surface area contributed by atoms with Crippen molar-refractivity contribution in [1.29, 1.82) is 0 Å². The Bertz CT molecular complexity index is 543. The van der Waals surface area contributed by atoms with Gasteiger partial charge in [-0.3, -0.25) is 9.80 Å². The molecule has 1 N–H and O–H groups in total. The molecule has 0 saturated carbocycles. The lowest BCUT2D eigenvalue weighted by Gasteiger charge is -2.42. The van der Waals surface area contributed by atoms with Crippen molar-refractivity contribution in [2.75, 3.05) is 6.54 Å². The number of carbonyl (C=O) groups excluding carboxylic acids is 1. The second-order valence-corrected chi connectivity index (χ2v) is 5.93. The molecule has 1 amide bonds. The molecule has 5 heteroatoms. The Hall–Kier alpha value is -1.39. The van der Waals surface area contributed by atoms with Crippen molar-refractivity contribution in [2.24, 2.45) is 0 Å². The number of benzene rings is 1. The molecule has 3 nitrogen and oxygen atoms in total. The average molecular weight is 297 g/mol. The highest BCUT2D eigenvalue weighted by Crippen LogP contribution is 2.23. The monoisotopic (exact) mass is 296 g/mol. The number of nitrogens with one attached hydrogen (secondary N) is 1. The highest BCUT2D eigenvalue weighted by atomic mass is 35.5. The van der Waals surface area contributed by atoms with Crippen LogP contribution in [0, 0.1) is 5.82 Å². The maximum absolute atomic E-state index is 13.6. The predicted octanol–water partition coefficient (Wildman–Crippen LogP) is 3.40. The number of halogens is 2. The summed E-state index contributed by atoms with van der Waals surface area (Å²) in [5.41, 5.74) is 3.19. The van der Waals surface area contributed by atoms with E-state index in [1.54, 1.807) is 17.1 Å². The van der Waals surface area contributed by atoms with Gasteiger partial charge in [0.25, 0.3) is 5.91 Å². The molecule has 2 rings (SSSR count). The molecule has 1 fully saturated rings. The Kier molecular flexibility index (Phi) is 4.45. The SMILES string of the molecule is CC1(C)CCCNN1C(=O)/C=C/c1ccc(Cl)cc1F. The van der Waals surface area contributed by atoms with Crippen LogP contribution in [0.1, 0.15) is 32.3 Å². The first-order valence-corrected chi connectivity index (χ1v) is 6.99. The summed E-state index contributed by atoms with van der Waals surface area (Å²) in [7, 11) is 0. The summed E-state index contributed by atoms with van der Waals surface area (Å²) < 4.78 is 13.6. The van der Waals surface area contributed by atoms with Crippen LogP contribution in [0.5, 0.6) is 0 Å². The molecule has 108 valence electrons. The number of hydrazine groups is 1. The molecule has 0 atom stereocenters. The van der Waals surface area contributed by atoms with Crippen LogP contribution in [-0.4, -0.2) is 23.0 Å². The molecule has 1 aromatic rings. The van der Waals surface area contributed by atoms with Crippen molar-refractivity contribution in [3.8, 4) is 0 Å². The maximum Gasteiger partial charge on any atom is 0.261 e. The summed E-state index contributed by atoms with van der Waals surface area (Å²) in [4.78, 5) is 12.2. The van der Waals surface area contributed by atoms with Crippen LogP contribution < -0.4 is 5.43 Å². The number of rotatable bonds is 2. The minimum Gasteiger partial charge on any atom is -0.269 e. The number of carbonyl (C=O) groups is 1. The second-order valence-electron chi connectivity index (χ2n) is 5.50. The average Bonchev–Trinajstić information content (AvgIpc) is 2.37. The van der Waals surface area contributed by atoms with Crippen LogP contribution in [0.2, 0.25) is 5.02 Å². The Morgan fingerprint density at radius 3 is 2.90 bits per heavy atom. The molecule has 20 heavy (non-hydrogen) atoms. The van der Waals surface area contributed by atoms with Crippen LogP contribution in [0.4, 0.5) is 4.39 Å². The van der Waals surface area contributed by atoms with Gasteiger partial charge >= 0.3 is 0 Å². The largest absolute Gasteiger partial charge is 0.269 e. The second kappa shape index (κ2) is 5.94. The molecule has 0 bridgehead atoms. The Morgan fingerprint density at radius 2 is 2.25 bits per heavy atom. The third kappa shape index (κ3) is 3.38. The van der Waals surface area contributed by atoms with E-state index in [2.05, 4.69) is 5.43 Å². The van der Waals surface area contributed by atoms with Gasteiger partial charge < -0.3 is 0 Å². The lowest BCUT2D eigenvalue weighted by Crippen LogP contribution is -2.58. The Balaban J connectivity index is 2.12. The molecule has 1 saturated heterocycles. The molecule has 0 aliphatic carbocycles. The van der Waals surface area contributed by atoms with Crippen LogP contribution in [0.25, 0.3) is 6.08 Å². The third-order valence-corrected chi connectivity index (χ3v) is 3.66. The standard InChI is InChI=1S/C15H18ClFN2O/c1-15(2)8-3-9-18-19(15)14(20)7-5-11-4-6-12(16)10-13(11)17/h4-7,10,18H,3,8-9H2,1-2H3/b7-5+. The van der Waals surface area contributed by atoms with Crippen LogP contribution in [0.3, 0.4) is 0 Å². The fourth-order valence-electron chi connectivity index (χ4n) is 2.29. The number of hydrogen-bond acceptors (Lipinski definition) is 2. The van der Waals surface area contributed by atoms with Crippen molar-refractivity contribution >= 4 is 23.6 Å². The summed E-state index contributed by atoms with van der Waals surface area (Å²) in [6.07, 6.45) is 4.83. The summed E-state index contributed by atoms with van der Waals surface area (Å²) in [6.45, 7) is 4.79. The highest BCUT2D eigenvalue weighted by Gasteiger charge is 2.32. The van der Waals surface area contributed by atoms with Crippen molar-refractivity contribution in [1.82, 2.24) is 10.4 Å². The minimum absolute atomic E-state index is 0.177. The van der Waals surface area contributed by atoms with Crippen molar-refractivity contribution < 1.29 is 9.18 Å². The maximum atomic E-state index is 13.6. The highest BCUT2D eigenvalue weighted by molar-refractivity contribution is 6.30. The van der Waals surface area contributed by atoms with Gasteiger partial charge in [-0.25, -0.2) is 9.82 Å². The normalized spacial score (nSPS) is 18.5. The van der Waals surface area contributed by atoms with Gasteiger partial charge in [0.15, 0.2) is 0 Å². The molecular weight excluding hydrogens is 279 g/mol. The summed E-state index contributed by atoms with van der Waals surface area (Å²) in [5, 5.41) is 1.95. The van der Waals surface area contributed by atoms with Gasteiger partial charge in [0, 0.05) is 23.2 Å². The van der Waals surface area contributed by atoms with Gasteiger partial charge in [-0.15, -0.1) is 0 Å². The van der Waals surface area contributed by atoms with E-state index >= 15 is 0 Å². The fourth-order valence-corrected chi connectivity index (χ4v) is 2.44. The van der Waals surface area contributed by atoms with Gasteiger partial charge in [0.05, 0.1) is 5.54 Å². The van der Waals surface area contributed by atoms with E-state index in [9.17, 15) is 9.18 Å². The van der Waals surface area contributed by atoms with E-state index in [0.717, 1.165) is 19.4 Å². The summed E-state index contributed by atoms with van der Waals surface area (Å²) >= 11 is 5.69. The van der Waals surface area contributed by atoms with E-state index < -0.39 is 5.82 Å². The fraction of sp³-hybridized carbons (Fsp3) is 0.400. The Labute approximate surface area is 123 Å². The predicted molar refractivity (Wildman–Crippen MR) is 78.6 cm³/mol. The van der Waals surface area contributed by atoms with Gasteiger partial charge in [-0.05, 0) is 44.9 Å². The van der Waals surface area contributed by atoms with Crippen LogP contribution in [0.15, 0.2) is 24.3 Å². The van der Waals surface area contributed by atoms with Gasteiger partial charge in [-0.2, -0.15) is 0 Å². The van der Waals surface area contributed by atoms with E-state index in [-0.39, 0.29) is 11.4 Å². The quantitative estimate of drug-likeness (QED) is 0.848. The minimum atomic E-state index is -0.438. The first-order chi connectivity index (χ1) is 9.40. The third-order valence-electron chi connectivity index (χ3n) is 3.43. The van der Waals surface area contributed by atoms with Gasteiger partial charge in [-0.1, -0.05) is 17.7 Å². The Morgan fingerprint density at radius 1 is 1.50 bits per heavy atom. The smallest absolute Gasteiger partial charge is 0.261 e. The van der Waals surface area contributed by atoms with E-state index in [0.29, 0.717) is 10.6 Å². The molecule has 0 radical (unpaired) electrons. The zero-order valence-corrected chi connectivity index (χ0v) is 12.4. The van der Waals surface area contributed by atoms with E-state index in [1.165, 1.54) is 18.2 Å². The lowest BCUT2D eigenvalue weighted by atomic mass is 9.95. The molecule has 1 aromatic carbocycles. The number of hydrogen-bond donors (Lipinski definition) is 1. The molecule has 1 heterocycles. The number of amides is 1. The molecule has 0 unspecified atom stereocenters. The zero-order chi connectivity index (χ0) is 14.8. The summed E-state index contributed by atoms with van der Waals surface area (Å²) in [5.74, 6) is -0.614. The summed E-state index contributed by atoms with van der Waals surface area (Å²) in [6, 6.07) is 4.38. The number of nitrogens with zero attached hydrogens (tertiary/aromatic N) is 1. The van der Waals surface area contributed by atoms with Gasteiger partial charge in [0.1, 0.15) is 5.82 Å². The molecule has 1 aliphatic heterocycles. The molecular formula is C15H18ClFN2O. The molecule has 1 aliphatic rings. The van der Waals surface area contributed by atoms with Crippen molar-refractivity contribution in [3.05, 3.63) is 40.7 Å².